The highest BCUT2D eigenvalue weighted by molar-refractivity contribution is 6.09. The molecule has 0 unspecified atom stereocenters. The molecule has 0 fully saturated rings. The van der Waals surface area contributed by atoms with Crippen molar-refractivity contribution in [3.05, 3.63) is 70.8 Å². The van der Waals surface area contributed by atoms with Crippen LogP contribution in [-0.4, -0.2) is 5.78 Å². The van der Waals surface area contributed by atoms with Gasteiger partial charge in [-0.2, -0.15) is 13.2 Å². The molecule has 0 saturated carbocycles. The van der Waals surface area contributed by atoms with Crippen LogP contribution in [0.4, 0.5) is 22.0 Å². The molecule has 2 aromatic rings. The molecular formula is C14H7F5O. The molecule has 20 heavy (non-hydrogen) atoms. The van der Waals surface area contributed by atoms with E-state index in [0.29, 0.717) is 6.07 Å². The third-order valence-corrected chi connectivity index (χ3v) is 2.66. The van der Waals surface area contributed by atoms with Gasteiger partial charge in [0.15, 0.2) is 5.78 Å². The van der Waals surface area contributed by atoms with E-state index < -0.39 is 34.7 Å². The van der Waals surface area contributed by atoms with E-state index in [0.717, 1.165) is 36.4 Å². The number of hydrogen-bond acceptors (Lipinski definition) is 1. The van der Waals surface area contributed by atoms with Gasteiger partial charge in [-0.1, -0.05) is 6.07 Å². The van der Waals surface area contributed by atoms with Crippen molar-refractivity contribution in [2.45, 2.75) is 6.18 Å². The van der Waals surface area contributed by atoms with Crippen LogP contribution in [0, 0.1) is 11.6 Å². The lowest BCUT2D eigenvalue weighted by Gasteiger charge is -2.10. The average molecular weight is 286 g/mol. The molecule has 104 valence electrons. The van der Waals surface area contributed by atoms with Gasteiger partial charge in [-0.05, 0) is 36.4 Å². The minimum absolute atomic E-state index is 0.0929. The quantitative estimate of drug-likeness (QED) is 0.597. The van der Waals surface area contributed by atoms with Crippen molar-refractivity contribution in [3.63, 3.8) is 0 Å². The Labute approximate surface area is 110 Å². The molecular weight excluding hydrogens is 279 g/mol. The highest BCUT2D eigenvalue weighted by Crippen LogP contribution is 2.32. The van der Waals surface area contributed by atoms with Crippen LogP contribution < -0.4 is 0 Å². The average Bonchev–Trinajstić information content (AvgIpc) is 2.37. The number of alkyl halides is 3. The first-order valence-corrected chi connectivity index (χ1v) is 5.46. The second-order valence-electron chi connectivity index (χ2n) is 4.00. The molecule has 0 radical (unpaired) electrons. The molecule has 0 aliphatic heterocycles. The van der Waals surface area contributed by atoms with E-state index in [1.165, 1.54) is 0 Å². The molecule has 0 N–H and O–H groups in total. The Balaban J connectivity index is 2.48. The summed E-state index contributed by atoms with van der Waals surface area (Å²) in [5.41, 5.74) is -2.30. The summed E-state index contributed by atoms with van der Waals surface area (Å²) < 4.78 is 64.1. The highest BCUT2D eigenvalue weighted by atomic mass is 19.4. The fourth-order valence-corrected chi connectivity index (χ4v) is 1.68. The molecule has 6 heteroatoms. The fourth-order valence-electron chi connectivity index (χ4n) is 1.68. The van der Waals surface area contributed by atoms with Crippen LogP contribution in [0.5, 0.6) is 0 Å². The van der Waals surface area contributed by atoms with Crippen molar-refractivity contribution in [1.29, 1.82) is 0 Å². The van der Waals surface area contributed by atoms with Crippen LogP contribution in [0.25, 0.3) is 0 Å². The molecule has 0 amide bonds. The Morgan fingerprint density at radius 3 is 2.05 bits per heavy atom. The lowest BCUT2D eigenvalue weighted by Crippen LogP contribution is -2.13. The van der Waals surface area contributed by atoms with Gasteiger partial charge in [-0.25, -0.2) is 8.78 Å². The molecule has 2 rings (SSSR count). The molecule has 0 aliphatic rings. The van der Waals surface area contributed by atoms with Crippen LogP contribution >= 0.6 is 0 Å². The Bertz CT molecular complexity index is 644. The van der Waals surface area contributed by atoms with Gasteiger partial charge in [0.2, 0.25) is 0 Å². The van der Waals surface area contributed by atoms with Crippen molar-refractivity contribution >= 4 is 5.78 Å². The number of ketones is 1. The van der Waals surface area contributed by atoms with Crippen molar-refractivity contribution in [1.82, 2.24) is 0 Å². The maximum absolute atomic E-state index is 13.8. The van der Waals surface area contributed by atoms with Gasteiger partial charge in [-0.3, -0.25) is 4.79 Å². The third kappa shape index (κ3) is 2.68. The molecule has 2 aromatic carbocycles. The van der Waals surface area contributed by atoms with Crippen molar-refractivity contribution < 1.29 is 26.7 Å². The SMILES string of the molecule is O=C(c1ccc(F)cc1)c1cccc(C(F)(F)F)c1F. The first kappa shape index (κ1) is 14.2. The van der Waals surface area contributed by atoms with Gasteiger partial charge in [0, 0.05) is 5.56 Å². The summed E-state index contributed by atoms with van der Waals surface area (Å²) >= 11 is 0. The van der Waals surface area contributed by atoms with Crippen molar-refractivity contribution in [3.8, 4) is 0 Å². The van der Waals surface area contributed by atoms with Crippen LogP contribution in [0.1, 0.15) is 21.5 Å². The Kier molecular flexibility index (Phi) is 3.57. The minimum atomic E-state index is -4.89. The van der Waals surface area contributed by atoms with E-state index in [9.17, 15) is 26.7 Å². The molecule has 0 atom stereocenters. The number of hydrogen-bond donors (Lipinski definition) is 0. The summed E-state index contributed by atoms with van der Waals surface area (Å²) in [5.74, 6) is -3.17. The van der Waals surface area contributed by atoms with E-state index in [4.69, 9.17) is 0 Å². The highest BCUT2D eigenvalue weighted by Gasteiger charge is 2.35. The van der Waals surface area contributed by atoms with Gasteiger partial charge in [-0.15, -0.1) is 0 Å². The van der Waals surface area contributed by atoms with E-state index in [-0.39, 0.29) is 5.56 Å². The largest absolute Gasteiger partial charge is 0.419 e. The normalized spacial score (nSPS) is 11.4. The minimum Gasteiger partial charge on any atom is -0.288 e. The zero-order chi connectivity index (χ0) is 14.9. The Hall–Kier alpha value is -2.24. The first-order chi connectivity index (χ1) is 9.30. The van der Waals surface area contributed by atoms with E-state index in [2.05, 4.69) is 0 Å². The van der Waals surface area contributed by atoms with Gasteiger partial charge < -0.3 is 0 Å². The van der Waals surface area contributed by atoms with E-state index in [1.54, 1.807) is 0 Å². The molecule has 0 bridgehead atoms. The van der Waals surface area contributed by atoms with Crippen LogP contribution in [-0.2, 0) is 6.18 Å². The van der Waals surface area contributed by atoms with Crippen LogP contribution in [0.3, 0.4) is 0 Å². The van der Waals surface area contributed by atoms with Gasteiger partial charge in [0.05, 0.1) is 11.1 Å². The molecule has 0 aliphatic carbocycles. The van der Waals surface area contributed by atoms with Crippen molar-refractivity contribution in [2.75, 3.05) is 0 Å². The second kappa shape index (κ2) is 5.03. The summed E-state index contributed by atoms with van der Waals surface area (Å²) in [6, 6.07) is 6.56. The van der Waals surface area contributed by atoms with E-state index >= 15 is 0 Å². The third-order valence-electron chi connectivity index (χ3n) is 2.66. The molecule has 1 nitrogen and oxygen atoms in total. The lowest BCUT2D eigenvalue weighted by atomic mass is 10.0. The predicted molar refractivity (Wildman–Crippen MR) is 61.2 cm³/mol. The molecule has 0 saturated heterocycles. The van der Waals surface area contributed by atoms with Gasteiger partial charge in [0.25, 0.3) is 0 Å². The summed E-state index contributed by atoms with van der Waals surface area (Å²) in [5, 5.41) is 0. The standard InChI is InChI=1S/C14H7F5O/c15-9-6-4-8(5-7-9)13(20)10-2-1-3-11(12(10)16)14(17,18)19/h1-7H. The second-order valence-corrected chi connectivity index (χ2v) is 4.00. The summed E-state index contributed by atoms with van der Waals surface area (Å²) in [6.07, 6.45) is -4.89. The lowest BCUT2D eigenvalue weighted by molar-refractivity contribution is -0.140. The maximum atomic E-state index is 13.8. The number of halogens is 5. The van der Waals surface area contributed by atoms with Gasteiger partial charge >= 0.3 is 6.18 Å². The smallest absolute Gasteiger partial charge is 0.288 e. The number of rotatable bonds is 2. The van der Waals surface area contributed by atoms with Crippen molar-refractivity contribution in [2.24, 2.45) is 0 Å². The summed E-state index contributed by atoms with van der Waals surface area (Å²) in [7, 11) is 0. The number of carbonyl (C=O) groups is 1. The zero-order valence-corrected chi connectivity index (χ0v) is 9.84. The Morgan fingerprint density at radius 2 is 1.50 bits per heavy atom. The Morgan fingerprint density at radius 1 is 0.900 bits per heavy atom. The molecule has 0 aromatic heterocycles. The molecule has 0 spiro atoms. The summed E-state index contributed by atoms with van der Waals surface area (Å²) in [6.45, 7) is 0. The first-order valence-electron chi connectivity index (χ1n) is 5.46. The predicted octanol–water partition coefficient (Wildman–Crippen LogP) is 4.21. The molecule has 0 heterocycles. The van der Waals surface area contributed by atoms with Crippen LogP contribution in [0.15, 0.2) is 42.5 Å². The number of carbonyl (C=O) groups excluding carboxylic acids is 1. The summed E-state index contributed by atoms with van der Waals surface area (Å²) in [4.78, 5) is 11.9. The van der Waals surface area contributed by atoms with E-state index in [1.807, 2.05) is 0 Å². The number of benzene rings is 2. The topological polar surface area (TPSA) is 17.1 Å². The maximum Gasteiger partial charge on any atom is 0.419 e. The monoisotopic (exact) mass is 286 g/mol. The van der Waals surface area contributed by atoms with Crippen LogP contribution in [0.2, 0.25) is 0 Å². The zero-order valence-electron chi connectivity index (χ0n) is 9.84. The fraction of sp³-hybridized carbons (Fsp3) is 0.0714. The van der Waals surface area contributed by atoms with Gasteiger partial charge in [0.1, 0.15) is 11.6 Å².